The standard InChI is InChI=1S/C21H20N2O4S/c1-23(28(25,26)18-11-4-3-5-12-18)20-14-7-6-13-19(20)21(24)22-16-9-8-10-17(15-16)27-2/h3-15H,1-2H3,(H,22,24). The molecule has 0 aliphatic rings. The van der Waals surface area contributed by atoms with Crippen molar-refractivity contribution in [2.75, 3.05) is 23.8 Å². The molecule has 0 heterocycles. The third-order valence-electron chi connectivity index (χ3n) is 4.22. The molecule has 0 radical (unpaired) electrons. The second kappa shape index (κ2) is 8.14. The van der Waals surface area contributed by atoms with Crippen LogP contribution < -0.4 is 14.4 Å². The first kappa shape index (κ1) is 19.4. The number of rotatable bonds is 6. The highest BCUT2D eigenvalue weighted by atomic mass is 32.2. The lowest BCUT2D eigenvalue weighted by Crippen LogP contribution is -2.29. The highest BCUT2D eigenvalue weighted by Gasteiger charge is 2.24. The van der Waals surface area contributed by atoms with Crippen molar-refractivity contribution in [2.24, 2.45) is 0 Å². The predicted octanol–water partition coefficient (Wildman–Crippen LogP) is 3.77. The molecular formula is C21H20N2O4S. The maximum absolute atomic E-state index is 12.9. The van der Waals surface area contributed by atoms with Crippen LogP contribution in [0.2, 0.25) is 0 Å². The Bertz CT molecular complexity index is 1080. The topological polar surface area (TPSA) is 75.7 Å². The summed E-state index contributed by atoms with van der Waals surface area (Å²) in [5, 5.41) is 2.78. The van der Waals surface area contributed by atoms with Crippen LogP contribution >= 0.6 is 0 Å². The first-order valence-electron chi connectivity index (χ1n) is 8.52. The highest BCUT2D eigenvalue weighted by molar-refractivity contribution is 7.92. The van der Waals surface area contributed by atoms with E-state index >= 15 is 0 Å². The van der Waals surface area contributed by atoms with Crippen LogP contribution in [0.25, 0.3) is 0 Å². The number of carbonyl (C=O) groups is 1. The summed E-state index contributed by atoms with van der Waals surface area (Å²) in [6, 6.07) is 21.6. The molecule has 0 atom stereocenters. The SMILES string of the molecule is COc1cccc(NC(=O)c2ccccc2N(C)S(=O)(=O)c2ccccc2)c1. The van der Waals surface area contributed by atoms with E-state index in [2.05, 4.69) is 5.32 Å². The number of nitrogens with one attached hydrogen (secondary N) is 1. The average Bonchev–Trinajstić information content (AvgIpc) is 2.74. The number of carbonyl (C=O) groups excluding carboxylic acids is 1. The maximum Gasteiger partial charge on any atom is 0.264 e. The first-order valence-corrected chi connectivity index (χ1v) is 9.96. The molecule has 0 saturated carbocycles. The molecule has 0 saturated heterocycles. The quantitative estimate of drug-likeness (QED) is 0.688. The molecule has 6 nitrogen and oxygen atoms in total. The van der Waals surface area contributed by atoms with Crippen LogP contribution in [-0.4, -0.2) is 28.5 Å². The van der Waals surface area contributed by atoms with Gasteiger partial charge in [0.1, 0.15) is 5.75 Å². The van der Waals surface area contributed by atoms with Crippen LogP contribution in [0.4, 0.5) is 11.4 Å². The van der Waals surface area contributed by atoms with Crippen LogP contribution in [0.5, 0.6) is 5.75 Å². The minimum Gasteiger partial charge on any atom is -0.497 e. The second-order valence-corrected chi connectivity index (χ2v) is 7.96. The third kappa shape index (κ3) is 3.99. The van der Waals surface area contributed by atoms with Gasteiger partial charge in [-0.15, -0.1) is 0 Å². The molecule has 0 aliphatic heterocycles. The molecule has 0 unspecified atom stereocenters. The third-order valence-corrected chi connectivity index (χ3v) is 6.00. The lowest BCUT2D eigenvalue weighted by atomic mass is 10.1. The van der Waals surface area contributed by atoms with Gasteiger partial charge in [0.2, 0.25) is 0 Å². The van der Waals surface area contributed by atoms with Gasteiger partial charge in [-0.05, 0) is 36.4 Å². The van der Waals surface area contributed by atoms with E-state index in [9.17, 15) is 13.2 Å². The van der Waals surface area contributed by atoms with Crippen molar-refractivity contribution in [2.45, 2.75) is 4.90 Å². The highest BCUT2D eigenvalue weighted by Crippen LogP contribution is 2.27. The normalized spacial score (nSPS) is 10.9. The van der Waals surface area contributed by atoms with Gasteiger partial charge in [0, 0.05) is 18.8 Å². The van der Waals surface area contributed by atoms with E-state index in [1.807, 2.05) is 0 Å². The summed E-state index contributed by atoms with van der Waals surface area (Å²) in [4.78, 5) is 13.0. The zero-order valence-corrected chi connectivity index (χ0v) is 16.3. The van der Waals surface area contributed by atoms with Gasteiger partial charge in [-0.2, -0.15) is 0 Å². The molecule has 1 amide bonds. The second-order valence-electron chi connectivity index (χ2n) is 5.99. The van der Waals surface area contributed by atoms with Crippen LogP contribution in [0.15, 0.2) is 83.8 Å². The van der Waals surface area contributed by atoms with E-state index in [4.69, 9.17) is 4.74 Å². The van der Waals surface area contributed by atoms with Crippen molar-refractivity contribution >= 4 is 27.3 Å². The van der Waals surface area contributed by atoms with Crippen molar-refractivity contribution in [3.8, 4) is 5.75 Å². The number of para-hydroxylation sites is 1. The molecule has 144 valence electrons. The summed E-state index contributed by atoms with van der Waals surface area (Å²) >= 11 is 0. The number of nitrogens with zero attached hydrogens (tertiary/aromatic N) is 1. The molecule has 3 aromatic rings. The molecule has 0 bridgehead atoms. The summed E-state index contributed by atoms with van der Waals surface area (Å²) in [5.74, 6) is 0.189. The van der Waals surface area contributed by atoms with E-state index in [0.717, 1.165) is 4.31 Å². The monoisotopic (exact) mass is 396 g/mol. The van der Waals surface area contributed by atoms with Crippen molar-refractivity contribution in [3.63, 3.8) is 0 Å². The van der Waals surface area contributed by atoms with E-state index in [1.165, 1.54) is 19.2 Å². The Kier molecular flexibility index (Phi) is 5.65. The van der Waals surface area contributed by atoms with Crippen molar-refractivity contribution in [1.29, 1.82) is 0 Å². The molecule has 0 spiro atoms. The number of anilines is 2. The van der Waals surface area contributed by atoms with Crippen LogP contribution in [0.3, 0.4) is 0 Å². The molecule has 3 aromatic carbocycles. The fraction of sp³-hybridized carbons (Fsp3) is 0.0952. The molecular weight excluding hydrogens is 376 g/mol. The minimum absolute atomic E-state index is 0.153. The van der Waals surface area contributed by atoms with Crippen molar-refractivity contribution in [3.05, 3.63) is 84.4 Å². The Morgan fingerprint density at radius 3 is 2.32 bits per heavy atom. The molecule has 28 heavy (non-hydrogen) atoms. The summed E-state index contributed by atoms with van der Waals surface area (Å²) in [5.41, 5.74) is 1.08. The van der Waals surface area contributed by atoms with E-state index in [0.29, 0.717) is 11.4 Å². The van der Waals surface area contributed by atoms with E-state index in [-0.39, 0.29) is 16.1 Å². The largest absolute Gasteiger partial charge is 0.497 e. The fourth-order valence-corrected chi connectivity index (χ4v) is 3.96. The van der Waals surface area contributed by atoms with Gasteiger partial charge in [-0.1, -0.05) is 36.4 Å². The van der Waals surface area contributed by atoms with E-state index < -0.39 is 15.9 Å². The zero-order valence-electron chi connectivity index (χ0n) is 15.5. The summed E-state index contributed by atoms with van der Waals surface area (Å²) in [7, 11) is -0.826. The fourth-order valence-electron chi connectivity index (χ4n) is 2.72. The van der Waals surface area contributed by atoms with Gasteiger partial charge in [0.15, 0.2) is 0 Å². The van der Waals surface area contributed by atoms with Crippen LogP contribution in [0, 0.1) is 0 Å². The van der Waals surface area contributed by atoms with Crippen LogP contribution in [-0.2, 0) is 10.0 Å². The van der Waals surface area contributed by atoms with Crippen LogP contribution in [0.1, 0.15) is 10.4 Å². The number of benzene rings is 3. The smallest absolute Gasteiger partial charge is 0.264 e. The summed E-state index contributed by atoms with van der Waals surface area (Å²) < 4.78 is 32.1. The maximum atomic E-state index is 12.9. The number of hydrogen-bond acceptors (Lipinski definition) is 4. The Morgan fingerprint density at radius 1 is 0.929 bits per heavy atom. The Balaban J connectivity index is 1.93. The molecule has 7 heteroatoms. The summed E-state index contributed by atoms with van der Waals surface area (Å²) in [6.45, 7) is 0. The van der Waals surface area contributed by atoms with Gasteiger partial charge in [0.05, 0.1) is 23.3 Å². The Morgan fingerprint density at radius 2 is 1.61 bits per heavy atom. The van der Waals surface area contributed by atoms with Gasteiger partial charge in [-0.25, -0.2) is 8.42 Å². The minimum atomic E-state index is -3.80. The Hall–Kier alpha value is -3.32. The predicted molar refractivity (Wildman–Crippen MR) is 109 cm³/mol. The van der Waals surface area contributed by atoms with Gasteiger partial charge in [0.25, 0.3) is 15.9 Å². The van der Waals surface area contributed by atoms with Crippen molar-refractivity contribution in [1.82, 2.24) is 0 Å². The number of amides is 1. The lowest BCUT2D eigenvalue weighted by molar-refractivity contribution is 0.102. The molecule has 1 N–H and O–H groups in total. The first-order chi connectivity index (χ1) is 13.4. The molecule has 0 fully saturated rings. The number of ether oxygens (including phenoxy) is 1. The zero-order chi connectivity index (χ0) is 20.1. The Labute approximate surface area is 164 Å². The van der Waals surface area contributed by atoms with Crippen molar-refractivity contribution < 1.29 is 17.9 Å². The average molecular weight is 396 g/mol. The van der Waals surface area contributed by atoms with Gasteiger partial charge < -0.3 is 10.1 Å². The molecule has 0 aliphatic carbocycles. The summed E-state index contributed by atoms with van der Waals surface area (Å²) in [6.07, 6.45) is 0. The number of hydrogen-bond donors (Lipinski definition) is 1. The van der Waals surface area contributed by atoms with E-state index in [1.54, 1.807) is 73.8 Å². The number of sulfonamides is 1. The molecule has 3 rings (SSSR count). The number of methoxy groups -OCH3 is 1. The van der Waals surface area contributed by atoms with Gasteiger partial charge >= 0.3 is 0 Å². The lowest BCUT2D eigenvalue weighted by Gasteiger charge is -2.22. The molecule has 0 aromatic heterocycles. The van der Waals surface area contributed by atoms with Gasteiger partial charge in [-0.3, -0.25) is 9.10 Å².